The zero-order valence-corrected chi connectivity index (χ0v) is 15.3. The maximum Gasteiger partial charge on any atom is 0.143 e. The van der Waals surface area contributed by atoms with E-state index < -0.39 is 0 Å². The summed E-state index contributed by atoms with van der Waals surface area (Å²) in [7, 11) is 0. The molecule has 1 N–H and O–H groups in total. The van der Waals surface area contributed by atoms with Gasteiger partial charge in [-0.1, -0.05) is 36.8 Å². The molecule has 0 aliphatic heterocycles. The zero-order valence-electron chi connectivity index (χ0n) is 15.3. The third-order valence-electron chi connectivity index (χ3n) is 5.96. The van der Waals surface area contributed by atoms with Gasteiger partial charge in [-0.3, -0.25) is 9.59 Å². The number of hydrogen-bond donors (Lipinski definition) is 1. The van der Waals surface area contributed by atoms with Crippen LogP contribution in [0.25, 0.3) is 11.1 Å². The van der Waals surface area contributed by atoms with E-state index in [9.17, 15) is 14.7 Å². The number of aryl methyl sites for hydroxylation is 1. The first kappa shape index (κ1) is 17.0. The van der Waals surface area contributed by atoms with Crippen molar-refractivity contribution in [1.29, 1.82) is 0 Å². The van der Waals surface area contributed by atoms with Gasteiger partial charge in [-0.2, -0.15) is 0 Å². The van der Waals surface area contributed by atoms with E-state index in [-0.39, 0.29) is 35.1 Å². The van der Waals surface area contributed by atoms with Crippen molar-refractivity contribution in [3.05, 3.63) is 53.1 Å². The molecule has 0 radical (unpaired) electrons. The van der Waals surface area contributed by atoms with Crippen LogP contribution in [0.2, 0.25) is 0 Å². The van der Waals surface area contributed by atoms with E-state index in [1.807, 2.05) is 12.1 Å². The lowest BCUT2D eigenvalue weighted by Gasteiger charge is -2.21. The van der Waals surface area contributed by atoms with Gasteiger partial charge in [-0.15, -0.1) is 0 Å². The molecule has 0 aromatic heterocycles. The average Bonchev–Trinajstić information content (AvgIpc) is 3.07. The number of fused-ring (bicyclic) bond motifs is 3. The molecule has 26 heavy (non-hydrogen) atoms. The van der Waals surface area contributed by atoms with Crippen LogP contribution in [0.1, 0.15) is 55.2 Å². The van der Waals surface area contributed by atoms with Crippen LogP contribution in [0.5, 0.6) is 5.75 Å². The number of phenolic OH excluding ortho intramolecular Hbond substituents is 1. The molecule has 3 heteroatoms. The van der Waals surface area contributed by atoms with Gasteiger partial charge in [0, 0.05) is 18.8 Å². The predicted molar refractivity (Wildman–Crippen MR) is 101 cm³/mol. The van der Waals surface area contributed by atoms with Gasteiger partial charge in [0.1, 0.15) is 17.3 Å². The Labute approximate surface area is 154 Å². The molecule has 2 unspecified atom stereocenters. The van der Waals surface area contributed by atoms with Crippen molar-refractivity contribution in [3.63, 3.8) is 0 Å². The lowest BCUT2D eigenvalue weighted by Crippen LogP contribution is -2.18. The number of carbonyl (C=O) groups is 2. The molecule has 2 aliphatic rings. The van der Waals surface area contributed by atoms with E-state index in [1.54, 1.807) is 6.07 Å². The summed E-state index contributed by atoms with van der Waals surface area (Å²) in [5.41, 5.74) is 6.02. The summed E-state index contributed by atoms with van der Waals surface area (Å²) >= 11 is 0. The molecule has 0 spiro atoms. The number of carbonyl (C=O) groups excluding carboxylic acids is 2. The molecule has 1 fully saturated rings. The number of hydrogen-bond acceptors (Lipinski definition) is 3. The highest BCUT2D eigenvalue weighted by atomic mass is 16.3. The Bertz CT molecular complexity index is 829. The van der Waals surface area contributed by atoms with Crippen LogP contribution in [-0.4, -0.2) is 16.7 Å². The Morgan fingerprint density at radius 3 is 2.19 bits per heavy atom. The van der Waals surface area contributed by atoms with E-state index in [2.05, 4.69) is 32.0 Å². The summed E-state index contributed by atoms with van der Waals surface area (Å²) in [6.45, 7) is 4.22. The molecule has 3 nitrogen and oxygen atoms in total. The fourth-order valence-corrected chi connectivity index (χ4v) is 4.65. The van der Waals surface area contributed by atoms with Crippen molar-refractivity contribution in [3.8, 4) is 16.9 Å². The maximum absolute atomic E-state index is 12.0. The Morgan fingerprint density at radius 2 is 1.50 bits per heavy atom. The van der Waals surface area contributed by atoms with Crippen LogP contribution in [0.4, 0.5) is 0 Å². The molecule has 2 aromatic carbocycles. The van der Waals surface area contributed by atoms with E-state index in [0.717, 1.165) is 12.0 Å². The molecular formula is C23H24O3. The van der Waals surface area contributed by atoms with E-state index >= 15 is 0 Å². The fraction of sp³-hybridized carbons (Fsp3) is 0.391. The second-order valence-corrected chi connectivity index (χ2v) is 7.98. The normalized spacial score (nSPS) is 20.3. The molecule has 0 bridgehead atoms. The Morgan fingerprint density at radius 1 is 0.923 bits per heavy atom. The van der Waals surface area contributed by atoms with E-state index in [0.29, 0.717) is 19.3 Å². The number of aromatic hydroxyl groups is 1. The lowest BCUT2D eigenvalue weighted by atomic mass is 9.83. The quantitative estimate of drug-likeness (QED) is 0.809. The zero-order chi connectivity index (χ0) is 18.4. The molecule has 2 atom stereocenters. The molecule has 2 aromatic rings. The van der Waals surface area contributed by atoms with Gasteiger partial charge in [-0.25, -0.2) is 0 Å². The fourth-order valence-electron chi connectivity index (χ4n) is 4.65. The maximum atomic E-state index is 12.0. The first-order valence-electron chi connectivity index (χ1n) is 9.43. The standard InChI is InChI=1S/C23H24O3/c1-13-3-5-16-18(10-14(2)11-21-22(25)7-8-23(21)26)17-6-4-15(24)12-20(17)19(16)9-13/h3-6,9,12,14,18,21,24H,7-8,10-11H2,1-2H3. The lowest BCUT2D eigenvalue weighted by molar-refractivity contribution is -0.127. The highest BCUT2D eigenvalue weighted by Crippen LogP contribution is 2.49. The van der Waals surface area contributed by atoms with Crippen molar-refractivity contribution in [1.82, 2.24) is 0 Å². The van der Waals surface area contributed by atoms with Gasteiger partial charge in [0.05, 0.1) is 5.92 Å². The molecule has 4 rings (SSSR count). The van der Waals surface area contributed by atoms with Gasteiger partial charge in [-0.05, 0) is 60.1 Å². The predicted octanol–water partition coefficient (Wildman–Crippen LogP) is 4.78. The molecule has 134 valence electrons. The first-order chi connectivity index (χ1) is 12.4. The molecule has 2 aliphatic carbocycles. The summed E-state index contributed by atoms with van der Waals surface area (Å²) < 4.78 is 0. The summed E-state index contributed by atoms with van der Waals surface area (Å²) in [5, 5.41) is 9.93. The van der Waals surface area contributed by atoms with Crippen molar-refractivity contribution in [2.75, 3.05) is 0 Å². The van der Waals surface area contributed by atoms with Gasteiger partial charge < -0.3 is 5.11 Å². The minimum atomic E-state index is -0.386. The topological polar surface area (TPSA) is 54.4 Å². The van der Waals surface area contributed by atoms with Gasteiger partial charge in [0.25, 0.3) is 0 Å². The Hall–Kier alpha value is -2.42. The summed E-state index contributed by atoms with van der Waals surface area (Å²) in [5.74, 6) is 0.673. The Balaban J connectivity index is 1.63. The molecule has 1 saturated carbocycles. The average molecular weight is 348 g/mol. The third kappa shape index (κ3) is 2.86. The van der Waals surface area contributed by atoms with Crippen LogP contribution in [0.15, 0.2) is 36.4 Å². The van der Waals surface area contributed by atoms with Gasteiger partial charge in [0.15, 0.2) is 0 Å². The first-order valence-corrected chi connectivity index (χ1v) is 9.43. The van der Waals surface area contributed by atoms with Crippen molar-refractivity contribution >= 4 is 11.6 Å². The smallest absolute Gasteiger partial charge is 0.143 e. The summed E-state index contributed by atoms with van der Waals surface area (Å²) in [6, 6.07) is 12.1. The molecule has 0 saturated heterocycles. The number of Topliss-reactive ketones (excluding diaryl/α,β-unsaturated/α-hetero) is 2. The number of ketones is 2. The van der Waals surface area contributed by atoms with Crippen LogP contribution in [0.3, 0.4) is 0 Å². The monoisotopic (exact) mass is 348 g/mol. The summed E-state index contributed by atoms with van der Waals surface area (Å²) in [6.07, 6.45) is 2.40. The molecule has 0 amide bonds. The van der Waals surface area contributed by atoms with Crippen LogP contribution in [0, 0.1) is 18.8 Å². The number of benzene rings is 2. The minimum absolute atomic E-state index is 0.120. The highest BCUT2D eigenvalue weighted by Gasteiger charge is 2.35. The SMILES string of the molecule is Cc1ccc2c(c1)-c1cc(O)ccc1C2CC(C)CC1C(=O)CCC1=O. The van der Waals surface area contributed by atoms with Crippen molar-refractivity contribution < 1.29 is 14.7 Å². The van der Waals surface area contributed by atoms with Gasteiger partial charge in [0.2, 0.25) is 0 Å². The minimum Gasteiger partial charge on any atom is -0.508 e. The largest absolute Gasteiger partial charge is 0.508 e. The second kappa shape index (κ2) is 6.39. The number of phenols is 1. The van der Waals surface area contributed by atoms with Crippen molar-refractivity contribution in [2.45, 2.75) is 45.4 Å². The van der Waals surface area contributed by atoms with Crippen LogP contribution in [-0.2, 0) is 9.59 Å². The van der Waals surface area contributed by atoms with Crippen LogP contribution < -0.4 is 0 Å². The molecule has 0 heterocycles. The summed E-state index contributed by atoms with van der Waals surface area (Å²) in [4.78, 5) is 24.0. The van der Waals surface area contributed by atoms with E-state index in [1.165, 1.54) is 22.3 Å². The van der Waals surface area contributed by atoms with Crippen molar-refractivity contribution in [2.24, 2.45) is 11.8 Å². The second-order valence-electron chi connectivity index (χ2n) is 7.98. The highest BCUT2D eigenvalue weighted by molar-refractivity contribution is 6.08. The van der Waals surface area contributed by atoms with Gasteiger partial charge >= 0.3 is 0 Å². The van der Waals surface area contributed by atoms with E-state index in [4.69, 9.17) is 0 Å². The van der Waals surface area contributed by atoms with Crippen LogP contribution >= 0.6 is 0 Å². The third-order valence-corrected chi connectivity index (χ3v) is 5.96. The Kier molecular flexibility index (Phi) is 4.18. The number of rotatable bonds is 4. The molecular weight excluding hydrogens is 324 g/mol.